The van der Waals surface area contributed by atoms with Crippen molar-refractivity contribution in [2.45, 2.75) is 18.9 Å². The molecule has 1 aliphatic heterocycles. The highest BCUT2D eigenvalue weighted by molar-refractivity contribution is 9.10. The maximum absolute atomic E-state index is 9.60. The number of aliphatic hydroxyl groups excluding tert-OH is 1. The first-order valence-corrected chi connectivity index (χ1v) is 5.98. The maximum atomic E-state index is 9.60. The summed E-state index contributed by atoms with van der Waals surface area (Å²) < 4.78 is 0.797. The standard InChI is InChI=1S/C11H12BrN3O/c12-9-4-8(5-13)11(14-6-9)15-3-1-2-10(16)7-15/h4,6,10,16H,1-3,7H2/t10-/m1/s1. The number of halogens is 1. The van der Waals surface area contributed by atoms with E-state index in [1.807, 2.05) is 4.90 Å². The molecule has 0 aromatic carbocycles. The monoisotopic (exact) mass is 281 g/mol. The summed E-state index contributed by atoms with van der Waals surface area (Å²) in [7, 11) is 0. The minimum absolute atomic E-state index is 0.314. The molecule has 84 valence electrons. The number of anilines is 1. The molecule has 0 spiro atoms. The fraction of sp³-hybridized carbons (Fsp3) is 0.455. The van der Waals surface area contributed by atoms with Crippen molar-refractivity contribution in [3.8, 4) is 6.07 Å². The second kappa shape index (κ2) is 4.81. The normalized spacial score (nSPS) is 20.6. The number of pyridine rings is 1. The Labute approximate surface area is 103 Å². The molecule has 0 bridgehead atoms. The van der Waals surface area contributed by atoms with Crippen LogP contribution in [0.3, 0.4) is 0 Å². The van der Waals surface area contributed by atoms with E-state index in [0.29, 0.717) is 17.9 Å². The van der Waals surface area contributed by atoms with Crippen LogP contribution in [-0.4, -0.2) is 29.3 Å². The Hall–Kier alpha value is -1.12. The molecule has 0 unspecified atom stereocenters. The zero-order valence-corrected chi connectivity index (χ0v) is 10.3. The van der Waals surface area contributed by atoms with Gasteiger partial charge in [-0.25, -0.2) is 4.98 Å². The molecule has 1 saturated heterocycles. The Bertz CT molecular complexity index is 430. The Morgan fingerprint density at radius 2 is 2.44 bits per heavy atom. The van der Waals surface area contributed by atoms with E-state index in [9.17, 15) is 5.11 Å². The molecule has 1 aromatic heterocycles. The average Bonchev–Trinajstić information content (AvgIpc) is 2.28. The first-order chi connectivity index (χ1) is 7.70. The highest BCUT2D eigenvalue weighted by Gasteiger charge is 2.21. The van der Waals surface area contributed by atoms with E-state index < -0.39 is 0 Å². The number of hydrogen-bond acceptors (Lipinski definition) is 4. The van der Waals surface area contributed by atoms with Gasteiger partial charge in [0.25, 0.3) is 0 Å². The summed E-state index contributed by atoms with van der Waals surface area (Å²) in [6, 6.07) is 3.89. The van der Waals surface area contributed by atoms with E-state index in [-0.39, 0.29) is 6.10 Å². The van der Waals surface area contributed by atoms with Crippen LogP contribution in [0.5, 0.6) is 0 Å². The quantitative estimate of drug-likeness (QED) is 0.851. The summed E-state index contributed by atoms with van der Waals surface area (Å²) in [4.78, 5) is 6.22. The fourth-order valence-electron chi connectivity index (χ4n) is 1.91. The molecule has 2 rings (SSSR count). The lowest BCUT2D eigenvalue weighted by Gasteiger charge is -2.31. The van der Waals surface area contributed by atoms with E-state index >= 15 is 0 Å². The van der Waals surface area contributed by atoms with Gasteiger partial charge in [0, 0.05) is 23.8 Å². The van der Waals surface area contributed by atoms with Crippen LogP contribution in [0.25, 0.3) is 0 Å². The number of hydrogen-bond donors (Lipinski definition) is 1. The summed E-state index contributed by atoms with van der Waals surface area (Å²) >= 11 is 3.29. The van der Waals surface area contributed by atoms with Gasteiger partial charge in [0.1, 0.15) is 11.9 Å². The van der Waals surface area contributed by atoms with Gasteiger partial charge in [-0.1, -0.05) is 0 Å². The van der Waals surface area contributed by atoms with E-state index in [1.165, 1.54) is 0 Å². The van der Waals surface area contributed by atoms with Crippen molar-refractivity contribution in [3.63, 3.8) is 0 Å². The number of piperidine rings is 1. The summed E-state index contributed by atoms with van der Waals surface area (Å²) in [5.41, 5.74) is 0.545. The largest absolute Gasteiger partial charge is 0.391 e. The van der Waals surface area contributed by atoms with Crippen molar-refractivity contribution in [2.75, 3.05) is 18.0 Å². The Morgan fingerprint density at radius 1 is 1.62 bits per heavy atom. The summed E-state index contributed by atoms with van der Waals surface area (Å²) in [6.45, 7) is 1.41. The molecule has 1 aliphatic rings. The molecular formula is C11H12BrN3O. The summed E-state index contributed by atoms with van der Waals surface area (Å²) in [6.07, 6.45) is 3.13. The average molecular weight is 282 g/mol. The van der Waals surface area contributed by atoms with Crippen LogP contribution in [0.15, 0.2) is 16.7 Å². The lowest BCUT2D eigenvalue weighted by atomic mass is 10.1. The highest BCUT2D eigenvalue weighted by Crippen LogP contribution is 2.23. The number of nitriles is 1. The third kappa shape index (κ3) is 2.34. The second-order valence-corrected chi connectivity index (χ2v) is 4.79. The second-order valence-electron chi connectivity index (χ2n) is 3.88. The van der Waals surface area contributed by atoms with Gasteiger partial charge >= 0.3 is 0 Å². The lowest BCUT2D eigenvalue weighted by Crippen LogP contribution is -2.39. The predicted octanol–water partition coefficient (Wildman–Crippen LogP) is 1.68. The van der Waals surface area contributed by atoms with Gasteiger partial charge in [-0.2, -0.15) is 5.26 Å². The van der Waals surface area contributed by atoms with Crippen molar-refractivity contribution in [1.29, 1.82) is 5.26 Å². The van der Waals surface area contributed by atoms with Crippen molar-refractivity contribution in [3.05, 3.63) is 22.3 Å². The molecule has 1 N–H and O–H groups in total. The topological polar surface area (TPSA) is 60.2 Å². The van der Waals surface area contributed by atoms with Gasteiger partial charge in [-0.3, -0.25) is 0 Å². The van der Waals surface area contributed by atoms with Crippen LogP contribution in [0.4, 0.5) is 5.82 Å². The number of rotatable bonds is 1. The van der Waals surface area contributed by atoms with Crippen LogP contribution >= 0.6 is 15.9 Å². The molecule has 1 atom stereocenters. The molecule has 16 heavy (non-hydrogen) atoms. The Kier molecular flexibility index (Phi) is 3.42. The summed E-state index contributed by atoms with van der Waals surface area (Å²) in [5, 5.41) is 18.6. The van der Waals surface area contributed by atoms with Gasteiger partial charge in [0.05, 0.1) is 11.7 Å². The first-order valence-electron chi connectivity index (χ1n) is 5.19. The molecule has 4 nitrogen and oxygen atoms in total. The lowest BCUT2D eigenvalue weighted by molar-refractivity contribution is 0.154. The van der Waals surface area contributed by atoms with Gasteiger partial charge in [-0.15, -0.1) is 0 Å². The van der Waals surface area contributed by atoms with Crippen LogP contribution in [0.1, 0.15) is 18.4 Å². The zero-order valence-electron chi connectivity index (χ0n) is 8.73. The van der Waals surface area contributed by atoms with Crippen LogP contribution in [0, 0.1) is 11.3 Å². The van der Waals surface area contributed by atoms with E-state index in [0.717, 1.165) is 23.9 Å². The molecule has 5 heteroatoms. The third-order valence-electron chi connectivity index (χ3n) is 2.65. The van der Waals surface area contributed by atoms with Gasteiger partial charge in [0.15, 0.2) is 0 Å². The number of nitrogens with zero attached hydrogens (tertiary/aromatic N) is 3. The highest BCUT2D eigenvalue weighted by atomic mass is 79.9. The van der Waals surface area contributed by atoms with Crippen molar-refractivity contribution < 1.29 is 5.11 Å². The predicted molar refractivity (Wildman–Crippen MR) is 64.1 cm³/mol. The van der Waals surface area contributed by atoms with E-state index in [1.54, 1.807) is 12.3 Å². The van der Waals surface area contributed by atoms with E-state index in [2.05, 4.69) is 27.0 Å². The SMILES string of the molecule is N#Cc1cc(Br)cnc1N1CCC[C@@H](O)C1. The van der Waals surface area contributed by atoms with E-state index in [4.69, 9.17) is 5.26 Å². The molecule has 0 aliphatic carbocycles. The minimum atomic E-state index is -0.314. The van der Waals surface area contributed by atoms with Crippen molar-refractivity contribution in [2.24, 2.45) is 0 Å². The van der Waals surface area contributed by atoms with Crippen molar-refractivity contribution >= 4 is 21.7 Å². The van der Waals surface area contributed by atoms with Gasteiger partial charge in [0.2, 0.25) is 0 Å². The Balaban J connectivity index is 2.29. The molecule has 1 aromatic rings. The fourth-order valence-corrected chi connectivity index (χ4v) is 2.24. The van der Waals surface area contributed by atoms with Crippen LogP contribution in [0.2, 0.25) is 0 Å². The van der Waals surface area contributed by atoms with Gasteiger partial charge in [-0.05, 0) is 34.8 Å². The van der Waals surface area contributed by atoms with Crippen molar-refractivity contribution in [1.82, 2.24) is 4.98 Å². The molecule has 0 amide bonds. The zero-order chi connectivity index (χ0) is 11.5. The number of aliphatic hydroxyl groups is 1. The molecule has 0 radical (unpaired) electrons. The van der Waals surface area contributed by atoms with Gasteiger partial charge < -0.3 is 10.0 Å². The molecule has 1 fully saturated rings. The molecular weight excluding hydrogens is 270 g/mol. The minimum Gasteiger partial charge on any atom is -0.391 e. The molecule has 2 heterocycles. The smallest absolute Gasteiger partial charge is 0.146 e. The third-order valence-corrected chi connectivity index (χ3v) is 3.08. The number of β-amino-alcohol motifs (C(OH)–C–C–N with tert-alkyl or cyclic N) is 1. The molecule has 0 saturated carbocycles. The maximum Gasteiger partial charge on any atom is 0.146 e. The Morgan fingerprint density at radius 3 is 3.12 bits per heavy atom. The first kappa shape index (κ1) is 11.4. The van der Waals surface area contributed by atoms with Crippen LogP contribution < -0.4 is 4.90 Å². The van der Waals surface area contributed by atoms with Crippen LogP contribution in [-0.2, 0) is 0 Å². The number of aromatic nitrogens is 1. The summed E-state index contributed by atoms with van der Waals surface area (Å²) in [5.74, 6) is 0.671.